The lowest BCUT2D eigenvalue weighted by atomic mass is 9.75. The summed E-state index contributed by atoms with van der Waals surface area (Å²) in [6, 6.07) is 19.0. The van der Waals surface area contributed by atoms with Crippen LogP contribution in [0, 0.1) is 5.92 Å². The fourth-order valence-corrected chi connectivity index (χ4v) is 3.16. The number of carbonyl (C=O) groups excluding carboxylic acids is 1. The van der Waals surface area contributed by atoms with Crippen LogP contribution >= 0.6 is 0 Å². The Balaban J connectivity index is 2.14. The van der Waals surface area contributed by atoms with Crippen molar-refractivity contribution >= 4 is 5.91 Å². The van der Waals surface area contributed by atoms with Crippen LogP contribution in [0.2, 0.25) is 0 Å². The lowest BCUT2D eigenvalue weighted by Crippen LogP contribution is -2.41. The summed E-state index contributed by atoms with van der Waals surface area (Å²) in [4.78, 5) is 14.2. The van der Waals surface area contributed by atoms with Gasteiger partial charge in [0.15, 0.2) is 0 Å². The molecule has 0 unspecified atom stereocenters. The monoisotopic (exact) mass is 281 g/mol. The van der Waals surface area contributed by atoms with E-state index in [0.717, 1.165) is 11.1 Å². The Hall–Kier alpha value is -2.13. The maximum atomic E-state index is 12.5. The second-order valence-electron chi connectivity index (χ2n) is 5.60. The summed E-state index contributed by atoms with van der Waals surface area (Å²) in [5, 5.41) is 11.5. The zero-order valence-electron chi connectivity index (χ0n) is 12.1. The number of hydrogen-bond donors (Lipinski definition) is 1. The highest BCUT2D eigenvalue weighted by Gasteiger charge is 2.47. The number of carbonyl (C=O) groups is 1. The van der Waals surface area contributed by atoms with E-state index in [-0.39, 0.29) is 5.91 Å². The number of likely N-dealkylation sites (tertiary alicyclic amines) is 1. The van der Waals surface area contributed by atoms with Gasteiger partial charge in [0.2, 0.25) is 5.91 Å². The van der Waals surface area contributed by atoms with Gasteiger partial charge in [0.25, 0.3) is 0 Å². The maximum absolute atomic E-state index is 12.5. The molecule has 0 aromatic heterocycles. The van der Waals surface area contributed by atoms with Gasteiger partial charge in [-0.05, 0) is 17.5 Å². The van der Waals surface area contributed by atoms with Crippen LogP contribution in [0.1, 0.15) is 17.5 Å². The SMILES string of the molecule is CN1CC[C@H](C(O)(c2ccccc2)c2ccccc2)C1=O. The topological polar surface area (TPSA) is 40.5 Å². The van der Waals surface area contributed by atoms with Crippen LogP contribution in [0.15, 0.2) is 60.7 Å². The third kappa shape index (κ3) is 2.24. The van der Waals surface area contributed by atoms with Gasteiger partial charge in [0.1, 0.15) is 5.60 Å². The molecule has 3 nitrogen and oxygen atoms in total. The Morgan fingerprint density at radius 2 is 1.48 bits per heavy atom. The minimum atomic E-state index is -1.27. The molecule has 1 saturated heterocycles. The normalized spacial score (nSPS) is 19.0. The third-order valence-electron chi connectivity index (χ3n) is 4.36. The zero-order chi connectivity index (χ0) is 14.9. The average molecular weight is 281 g/mol. The van der Waals surface area contributed by atoms with Gasteiger partial charge in [-0.2, -0.15) is 0 Å². The molecule has 2 aromatic rings. The van der Waals surface area contributed by atoms with Crippen LogP contribution in [-0.4, -0.2) is 29.5 Å². The van der Waals surface area contributed by atoms with Crippen molar-refractivity contribution < 1.29 is 9.90 Å². The zero-order valence-corrected chi connectivity index (χ0v) is 12.1. The Bertz CT molecular complexity index is 585. The molecule has 21 heavy (non-hydrogen) atoms. The van der Waals surface area contributed by atoms with Gasteiger partial charge >= 0.3 is 0 Å². The van der Waals surface area contributed by atoms with Gasteiger partial charge in [0, 0.05) is 13.6 Å². The summed E-state index contributed by atoms with van der Waals surface area (Å²) in [5.41, 5.74) is 0.263. The number of aliphatic hydroxyl groups is 1. The predicted molar refractivity (Wildman–Crippen MR) is 81.6 cm³/mol. The van der Waals surface area contributed by atoms with Gasteiger partial charge in [-0.1, -0.05) is 60.7 Å². The lowest BCUT2D eigenvalue weighted by molar-refractivity contribution is -0.136. The molecule has 0 bridgehead atoms. The summed E-state index contributed by atoms with van der Waals surface area (Å²) in [6.45, 7) is 0.686. The summed E-state index contributed by atoms with van der Waals surface area (Å²) < 4.78 is 0. The molecule has 2 aromatic carbocycles. The first kappa shape index (κ1) is 13.8. The summed E-state index contributed by atoms with van der Waals surface area (Å²) in [7, 11) is 1.79. The van der Waals surface area contributed by atoms with Gasteiger partial charge < -0.3 is 10.0 Å². The molecule has 1 aliphatic rings. The lowest BCUT2D eigenvalue weighted by Gasteiger charge is -2.34. The van der Waals surface area contributed by atoms with Gasteiger partial charge in [-0.25, -0.2) is 0 Å². The van der Waals surface area contributed by atoms with Crippen LogP contribution in [0.4, 0.5) is 0 Å². The Morgan fingerprint density at radius 1 is 1.00 bits per heavy atom. The van der Waals surface area contributed by atoms with Crippen molar-refractivity contribution in [3.63, 3.8) is 0 Å². The Kier molecular flexibility index (Phi) is 3.52. The second-order valence-corrected chi connectivity index (χ2v) is 5.60. The van der Waals surface area contributed by atoms with E-state index in [9.17, 15) is 9.90 Å². The highest BCUT2D eigenvalue weighted by molar-refractivity contribution is 5.83. The fraction of sp³-hybridized carbons (Fsp3) is 0.278. The predicted octanol–water partition coefficient (Wildman–Crippen LogP) is 2.40. The molecule has 1 fully saturated rings. The van der Waals surface area contributed by atoms with Crippen LogP contribution in [0.5, 0.6) is 0 Å². The molecule has 3 heteroatoms. The van der Waals surface area contributed by atoms with Crippen molar-refractivity contribution in [2.45, 2.75) is 12.0 Å². The molecule has 1 heterocycles. The molecular formula is C18H19NO2. The Morgan fingerprint density at radius 3 is 1.86 bits per heavy atom. The van der Waals surface area contributed by atoms with Gasteiger partial charge in [0.05, 0.1) is 5.92 Å². The van der Waals surface area contributed by atoms with Crippen molar-refractivity contribution in [2.24, 2.45) is 5.92 Å². The smallest absolute Gasteiger partial charge is 0.229 e. The molecule has 108 valence electrons. The van der Waals surface area contributed by atoms with Crippen molar-refractivity contribution in [3.8, 4) is 0 Å². The van der Waals surface area contributed by atoms with E-state index in [0.29, 0.717) is 13.0 Å². The van der Waals surface area contributed by atoms with Crippen LogP contribution < -0.4 is 0 Å². The molecule has 1 N–H and O–H groups in total. The first-order valence-electron chi connectivity index (χ1n) is 7.22. The van der Waals surface area contributed by atoms with E-state index < -0.39 is 11.5 Å². The van der Waals surface area contributed by atoms with Gasteiger partial charge in [-0.3, -0.25) is 4.79 Å². The van der Waals surface area contributed by atoms with Crippen molar-refractivity contribution in [3.05, 3.63) is 71.8 Å². The van der Waals surface area contributed by atoms with Crippen molar-refractivity contribution in [1.29, 1.82) is 0 Å². The fourth-order valence-electron chi connectivity index (χ4n) is 3.16. The second kappa shape index (κ2) is 5.34. The summed E-state index contributed by atoms with van der Waals surface area (Å²) >= 11 is 0. The molecule has 0 radical (unpaired) electrons. The van der Waals surface area contributed by atoms with Crippen LogP contribution in [0.3, 0.4) is 0 Å². The minimum Gasteiger partial charge on any atom is -0.380 e. The van der Waals surface area contributed by atoms with Crippen molar-refractivity contribution in [1.82, 2.24) is 4.90 Å². The molecular weight excluding hydrogens is 262 g/mol. The number of amides is 1. The molecule has 0 saturated carbocycles. The molecule has 0 aliphatic carbocycles. The van der Waals surface area contributed by atoms with E-state index in [1.807, 2.05) is 60.7 Å². The van der Waals surface area contributed by atoms with E-state index in [2.05, 4.69) is 0 Å². The van der Waals surface area contributed by atoms with Crippen molar-refractivity contribution in [2.75, 3.05) is 13.6 Å². The van der Waals surface area contributed by atoms with E-state index in [1.165, 1.54) is 0 Å². The van der Waals surface area contributed by atoms with Crippen LogP contribution in [-0.2, 0) is 10.4 Å². The summed E-state index contributed by atoms with van der Waals surface area (Å²) in [5.74, 6) is -0.433. The number of benzene rings is 2. The van der Waals surface area contributed by atoms with E-state index in [4.69, 9.17) is 0 Å². The van der Waals surface area contributed by atoms with E-state index >= 15 is 0 Å². The number of hydrogen-bond acceptors (Lipinski definition) is 2. The molecule has 1 atom stereocenters. The quantitative estimate of drug-likeness (QED) is 0.938. The standard InChI is InChI=1S/C18H19NO2/c1-19-13-12-16(17(19)20)18(21,14-8-4-2-5-9-14)15-10-6-3-7-11-15/h2-11,16,21H,12-13H2,1H3/t16-/m0/s1. The Labute approximate surface area is 124 Å². The minimum absolute atomic E-state index is 0.00482. The maximum Gasteiger partial charge on any atom is 0.229 e. The highest BCUT2D eigenvalue weighted by Crippen LogP contribution is 2.41. The molecule has 1 amide bonds. The first-order chi connectivity index (χ1) is 10.1. The van der Waals surface area contributed by atoms with E-state index in [1.54, 1.807) is 11.9 Å². The molecule has 3 rings (SSSR count). The number of rotatable bonds is 3. The molecule has 1 aliphatic heterocycles. The average Bonchev–Trinajstić information content (AvgIpc) is 2.88. The largest absolute Gasteiger partial charge is 0.380 e. The number of nitrogens with zero attached hydrogens (tertiary/aromatic N) is 1. The van der Waals surface area contributed by atoms with Gasteiger partial charge in [-0.15, -0.1) is 0 Å². The third-order valence-corrected chi connectivity index (χ3v) is 4.36. The molecule has 0 spiro atoms. The summed E-state index contributed by atoms with van der Waals surface area (Å²) in [6.07, 6.45) is 0.662. The van der Waals surface area contributed by atoms with Crippen LogP contribution in [0.25, 0.3) is 0 Å². The first-order valence-corrected chi connectivity index (χ1v) is 7.22. The highest BCUT2D eigenvalue weighted by atomic mass is 16.3.